The van der Waals surface area contributed by atoms with E-state index in [-0.39, 0.29) is 12.2 Å². The maximum Gasteiger partial charge on any atom is 0.137 e. The predicted octanol–water partition coefficient (Wildman–Crippen LogP) is 1.46. The second-order valence-corrected chi connectivity index (χ2v) is 5.61. The van der Waals surface area contributed by atoms with Crippen LogP contribution >= 0.6 is 0 Å². The summed E-state index contributed by atoms with van der Waals surface area (Å²) in [6, 6.07) is 9.07. The molecular weight excluding hydrogens is 268 g/mol. The molecule has 21 heavy (non-hydrogen) atoms. The lowest BCUT2D eigenvalue weighted by Crippen LogP contribution is -2.41. The summed E-state index contributed by atoms with van der Waals surface area (Å²) in [5.41, 5.74) is 0.359. The Hall–Kier alpha value is -1.61. The minimum absolute atomic E-state index is 0.117. The number of ether oxygens (including phenoxy) is 2. The Balaban J connectivity index is 1.70. The number of para-hydroxylation sites is 1. The predicted molar refractivity (Wildman–Crippen MR) is 79.1 cm³/mol. The van der Waals surface area contributed by atoms with Gasteiger partial charge in [0.15, 0.2) is 0 Å². The SMILES string of the molecule is CC1(CNCC(O)COc2ccccc2C#N)CCCO1. The van der Waals surface area contributed by atoms with Crippen molar-refractivity contribution >= 4 is 0 Å². The third kappa shape index (κ3) is 4.71. The van der Waals surface area contributed by atoms with Crippen molar-refractivity contribution in [1.29, 1.82) is 5.26 Å². The van der Waals surface area contributed by atoms with Gasteiger partial charge in [-0.05, 0) is 31.9 Å². The van der Waals surface area contributed by atoms with Gasteiger partial charge in [0, 0.05) is 19.7 Å². The average Bonchev–Trinajstić information content (AvgIpc) is 2.92. The van der Waals surface area contributed by atoms with Crippen molar-refractivity contribution in [1.82, 2.24) is 5.32 Å². The molecule has 1 aromatic rings. The molecule has 5 nitrogen and oxygen atoms in total. The van der Waals surface area contributed by atoms with Crippen LogP contribution in [-0.2, 0) is 4.74 Å². The van der Waals surface area contributed by atoms with Gasteiger partial charge in [0.25, 0.3) is 0 Å². The van der Waals surface area contributed by atoms with E-state index in [2.05, 4.69) is 18.3 Å². The average molecular weight is 290 g/mol. The number of nitriles is 1. The monoisotopic (exact) mass is 290 g/mol. The molecule has 2 atom stereocenters. The fraction of sp³-hybridized carbons (Fsp3) is 0.562. The van der Waals surface area contributed by atoms with Gasteiger partial charge in [0.05, 0.1) is 11.2 Å². The summed E-state index contributed by atoms with van der Waals surface area (Å²) in [4.78, 5) is 0. The Morgan fingerprint density at radius 1 is 1.52 bits per heavy atom. The molecule has 0 aliphatic carbocycles. The number of aliphatic hydroxyl groups is 1. The molecule has 2 unspecified atom stereocenters. The lowest BCUT2D eigenvalue weighted by atomic mass is 10.0. The van der Waals surface area contributed by atoms with Gasteiger partial charge in [-0.25, -0.2) is 0 Å². The van der Waals surface area contributed by atoms with E-state index in [0.29, 0.717) is 17.9 Å². The molecule has 1 heterocycles. The van der Waals surface area contributed by atoms with Gasteiger partial charge in [-0.3, -0.25) is 0 Å². The zero-order chi connectivity index (χ0) is 15.1. The highest BCUT2D eigenvalue weighted by atomic mass is 16.5. The minimum Gasteiger partial charge on any atom is -0.489 e. The molecule has 1 aromatic carbocycles. The summed E-state index contributed by atoms with van der Waals surface area (Å²) in [5, 5.41) is 22.1. The van der Waals surface area contributed by atoms with Crippen molar-refractivity contribution < 1.29 is 14.6 Å². The molecule has 2 rings (SSSR count). The van der Waals surface area contributed by atoms with E-state index in [1.54, 1.807) is 24.3 Å². The molecule has 0 spiro atoms. The highest BCUT2D eigenvalue weighted by molar-refractivity contribution is 5.42. The molecule has 5 heteroatoms. The van der Waals surface area contributed by atoms with E-state index >= 15 is 0 Å². The molecule has 1 fully saturated rings. The molecule has 1 aliphatic heterocycles. The molecule has 2 N–H and O–H groups in total. The van der Waals surface area contributed by atoms with Crippen molar-refractivity contribution in [3.05, 3.63) is 29.8 Å². The summed E-state index contributed by atoms with van der Waals surface area (Å²) in [5.74, 6) is 0.505. The molecular formula is C16H22N2O3. The molecule has 0 aromatic heterocycles. The molecule has 0 amide bonds. The Kier molecular flexibility index (Phi) is 5.57. The van der Waals surface area contributed by atoms with Crippen LogP contribution in [0.1, 0.15) is 25.3 Å². The Labute approximate surface area is 125 Å². The van der Waals surface area contributed by atoms with Gasteiger partial charge < -0.3 is 19.9 Å². The van der Waals surface area contributed by atoms with Crippen molar-refractivity contribution in [3.8, 4) is 11.8 Å². The maximum absolute atomic E-state index is 9.92. The first-order valence-electron chi connectivity index (χ1n) is 7.28. The van der Waals surface area contributed by atoms with Crippen molar-refractivity contribution in [2.24, 2.45) is 0 Å². The molecule has 114 valence electrons. The summed E-state index contributed by atoms with van der Waals surface area (Å²) in [6.07, 6.45) is 1.51. The normalized spacial score (nSPS) is 22.7. The van der Waals surface area contributed by atoms with Crippen LogP contribution in [0.5, 0.6) is 5.75 Å². The first kappa shape index (κ1) is 15.8. The zero-order valence-electron chi connectivity index (χ0n) is 12.3. The van der Waals surface area contributed by atoms with Crippen LogP contribution in [0.25, 0.3) is 0 Å². The van der Waals surface area contributed by atoms with Crippen LogP contribution in [-0.4, -0.2) is 43.1 Å². The van der Waals surface area contributed by atoms with E-state index < -0.39 is 6.10 Å². The number of hydrogen-bond donors (Lipinski definition) is 2. The third-order valence-corrected chi connectivity index (χ3v) is 3.62. The number of aliphatic hydroxyl groups excluding tert-OH is 1. The molecule has 0 bridgehead atoms. The van der Waals surface area contributed by atoms with Crippen LogP contribution in [0, 0.1) is 11.3 Å². The molecule has 0 saturated carbocycles. The largest absolute Gasteiger partial charge is 0.489 e. The summed E-state index contributed by atoms with van der Waals surface area (Å²) >= 11 is 0. The van der Waals surface area contributed by atoms with Crippen LogP contribution in [0.2, 0.25) is 0 Å². The topological polar surface area (TPSA) is 74.5 Å². The molecule has 1 saturated heterocycles. The fourth-order valence-corrected chi connectivity index (χ4v) is 2.41. The van der Waals surface area contributed by atoms with Crippen molar-refractivity contribution in [2.45, 2.75) is 31.5 Å². The number of nitrogens with zero attached hydrogens (tertiary/aromatic N) is 1. The van der Waals surface area contributed by atoms with Gasteiger partial charge >= 0.3 is 0 Å². The smallest absolute Gasteiger partial charge is 0.137 e. The Morgan fingerprint density at radius 3 is 3.05 bits per heavy atom. The van der Waals surface area contributed by atoms with Crippen LogP contribution < -0.4 is 10.1 Å². The quantitative estimate of drug-likeness (QED) is 0.795. The van der Waals surface area contributed by atoms with E-state index in [4.69, 9.17) is 14.7 Å². The van der Waals surface area contributed by atoms with Crippen LogP contribution in [0.15, 0.2) is 24.3 Å². The lowest BCUT2D eigenvalue weighted by Gasteiger charge is -2.24. The first-order valence-corrected chi connectivity index (χ1v) is 7.28. The van der Waals surface area contributed by atoms with Gasteiger partial charge in [-0.15, -0.1) is 0 Å². The second-order valence-electron chi connectivity index (χ2n) is 5.61. The van der Waals surface area contributed by atoms with Crippen molar-refractivity contribution in [2.75, 3.05) is 26.3 Å². The van der Waals surface area contributed by atoms with Gasteiger partial charge in [0.1, 0.15) is 24.5 Å². The first-order chi connectivity index (χ1) is 10.1. The van der Waals surface area contributed by atoms with Crippen LogP contribution in [0.4, 0.5) is 0 Å². The lowest BCUT2D eigenvalue weighted by molar-refractivity contribution is 0.0170. The van der Waals surface area contributed by atoms with E-state index in [0.717, 1.165) is 26.0 Å². The summed E-state index contributed by atoms with van der Waals surface area (Å²) in [6.45, 7) is 4.21. The summed E-state index contributed by atoms with van der Waals surface area (Å²) in [7, 11) is 0. The maximum atomic E-state index is 9.92. The minimum atomic E-state index is -0.623. The number of rotatable bonds is 7. The number of nitrogens with one attached hydrogen (secondary N) is 1. The highest BCUT2D eigenvalue weighted by Gasteiger charge is 2.29. The van der Waals surface area contributed by atoms with Crippen LogP contribution in [0.3, 0.4) is 0 Å². The third-order valence-electron chi connectivity index (χ3n) is 3.62. The fourth-order valence-electron chi connectivity index (χ4n) is 2.41. The standard InChI is InChI=1S/C16H22N2O3/c1-16(7-4-8-21-16)12-18-10-14(19)11-20-15-6-3-2-5-13(15)9-17/h2-3,5-6,14,18-19H,4,7-8,10-12H2,1H3. The second kappa shape index (κ2) is 7.41. The van der Waals surface area contributed by atoms with E-state index in [9.17, 15) is 5.11 Å². The van der Waals surface area contributed by atoms with Gasteiger partial charge in [-0.1, -0.05) is 12.1 Å². The molecule has 0 radical (unpaired) electrons. The zero-order valence-corrected chi connectivity index (χ0v) is 12.3. The van der Waals surface area contributed by atoms with Gasteiger partial charge in [-0.2, -0.15) is 5.26 Å². The highest BCUT2D eigenvalue weighted by Crippen LogP contribution is 2.23. The molecule has 1 aliphatic rings. The Bertz CT molecular complexity index is 493. The van der Waals surface area contributed by atoms with E-state index in [1.807, 2.05) is 0 Å². The number of benzene rings is 1. The number of hydrogen-bond acceptors (Lipinski definition) is 5. The summed E-state index contributed by atoms with van der Waals surface area (Å²) < 4.78 is 11.2. The van der Waals surface area contributed by atoms with E-state index in [1.165, 1.54) is 0 Å². The Morgan fingerprint density at radius 2 is 2.33 bits per heavy atom. The van der Waals surface area contributed by atoms with Crippen molar-refractivity contribution in [3.63, 3.8) is 0 Å². The van der Waals surface area contributed by atoms with Gasteiger partial charge in [0.2, 0.25) is 0 Å².